The van der Waals surface area contributed by atoms with Gasteiger partial charge in [0.15, 0.2) is 0 Å². The summed E-state index contributed by atoms with van der Waals surface area (Å²) in [6, 6.07) is 1.03. The van der Waals surface area contributed by atoms with Crippen LogP contribution in [0, 0.1) is 0 Å². The van der Waals surface area contributed by atoms with E-state index < -0.39 is 11.5 Å². The molecular weight excluding hydrogens is 256 g/mol. The van der Waals surface area contributed by atoms with Gasteiger partial charge in [-0.05, 0) is 45.1 Å². The average Bonchev–Trinajstić information content (AvgIpc) is 3.24. The zero-order chi connectivity index (χ0) is 14.6. The number of carbonyl (C=O) groups is 1. The topological polar surface area (TPSA) is 61.8 Å². The van der Waals surface area contributed by atoms with E-state index in [-0.39, 0.29) is 0 Å². The number of nitrogens with one attached hydrogen (secondary N) is 1. The fourth-order valence-electron chi connectivity index (χ4n) is 3.56. The normalized spacial score (nSPS) is 30.6. The largest absolute Gasteiger partial charge is 0.480 e. The van der Waals surface area contributed by atoms with Gasteiger partial charge >= 0.3 is 5.97 Å². The Morgan fingerprint density at radius 2 is 2.15 bits per heavy atom. The van der Waals surface area contributed by atoms with E-state index in [1.807, 2.05) is 6.92 Å². The summed E-state index contributed by atoms with van der Waals surface area (Å²) in [5, 5.41) is 12.9. The summed E-state index contributed by atoms with van der Waals surface area (Å²) in [5.41, 5.74) is -0.724. The smallest absolute Gasteiger partial charge is 0.323 e. The van der Waals surface area contributed by atoms with Crippen LogP contribution in [-0.2, 0) is 9.53 Å². The Balaban J connectivity index is 2.04. The van der Waals surface area contributed by atoms with Crippen LogP contribution in [0.15, 0.2) is 0 Å². The second kappa shape index (κ2) is 6.87. The Bertz CT molecular complexity index is 329. The number of methoxy groups -OCH3 is 1. The summed E-state index contributed by atoms with van der Waals surface area (Å²) >= 11 is 0. The van der Waals surface area contributed by atoms with E-state index in [2.05, 4.69) is 10.2 Å². The van der Waals surface area contributed by atoms with Gasteiger partial charge in [0.05, 0.1) is 6.61 Å². The highest BCUT2D eigenvalue weighted by atomic mass is 16.5. The van der Waals surface area contributed by atoms with Crippen LogP contribution in [0.3, 0.4) is 0 Å². The summed E-state index contributed by atoms with van der Waals surface area (Å²) < 4.78 is 5.21. The summed E-state index contributed by atoms with van der Waals surface area (Å²) in [7, 11) is 1.73. The van der Waals surface area contributed by atoms with Crippen LogP contribution >= 0.6 is 0 Å². The highest BCUT2D eigenvalue weighted by molar-refractivity contribution is 5.79. The minimum atomic E-state index is -0.724. The van der Waals surface area contributed by atoms with Crippen LogP contribution in [0.5, 0.6) is 0 Å². The number of carboxylic acids is 1. The van der Waals surface area contributed by atoms with E-state index in [1.54, 1.807) is 7.11 Å². The predicted octanol–water partition coefficient (Wildman–Crippen LogP) is 1.47. The van der Waals surface area contributed by atoms with Crippen molar-refractivity contribution in [1.82, 2.24) is 10.2 Å². The number of rotatable bonds is 8. The lowest BCUT2D eigenvalue weighted by atomic mass is 9.78. The zero-order valence-corrected chi connectivity index (χ0v) is 12.7. The minimum absolute atomic E-state index is 0.376. The molecule has 0 aromatic rings. The molecule has 2 N–H and O–H groups in total. The van der Waals surface area contributed by atoms with Gasteiger partial charge < -0.3 is 15.2 Å². The van der Waals surface area contributed by atoms with E-state index in [4.69, 9.17) is 4.74 Å². The number of carboxylic acid groups (broad SMARTS) is 1. The van der Waals surface area contributed by atoms with Crippen LogP contribution in [0.1, 0.15) is 45.4 Å². The molecule has 2 fully saturated rings. The molecule has 0 aliphatic heterocycles. The van der Waals surface area contributed by atoms with Gasteiger partial charge in [-0.3, -0.25) is 9.69 Å². The molecule has 0 radical (unpaired) electrons. The lowest BCUT2D eigenvalue weighted by molar-refractivity contribution is -0.147. The number of nitrogens with zero attached hydrogens (tertiary/aromatic N) is 1. The highest BCUT2D eigenvalue weighted by Crippen LogP contribution is 2.37. The summed E-state index contributed by atoms with van der Waals surface area (Å²) in [5.74, 6) is -0.688. The number of hydrogen-bond acceptors (Lipinski definition) is 4. The third-order valence-corrected chi connectivity index (χ3v) is 4.69. The van der Waals surface area contributed by atoms with Gasteiger partial charge in [-0.1, -0.05) is 6.92 Å². The lowest BCUT2D eigenvalue weighted by Crippen LogP contribution is -2.58. The molecule has 116 valence electrons. The van der Waals surface area contributed by atoms with Gasteiger partial charge in [-0.15, -0.1) is 0 Å². The van der Waals surface area contributed by atoms with Crippen LogP contribution in [0.2, 0.25) is 0 Å². The fraction of sp³-hybridized carbons (Fsp3) is 0.933. The van der Waals surface area contributed by atoms with Gasteiger partial charge in [0.1, 0.15) is 5.54 Å². The fourth-order valence-corrected chi connectivity index (χ4v) is 3.56. The van der Waals surface area contributed by atoms with Crippen LogP contribution < -0.4 is 5.32 Å². The zero-order valence-electron chi connectivity index (χ0n) is 12.7. The molecule has 0 aromatic heterocycles. The van der Waals surface area contributed by atoms with Crippen molar-refractivity contribution in [1.29, 1.82) is 0 Å². The van der Waals surface area contributed by atoms with Crippen molar-refractivity contribution in [2.24, 2.45) is 0 Å². The van der Waals surface area contributed by atoms with E-state index in [0.717, 1.165) is 38.8 Å². The second-order valence-electron chi connectivity index (χ2n) is 6.13. The van der Waals surface area contributed by atoms with E-state index in [1.165, 1.54) is 12.8 Å². The summed E-state index contributed by atoms with van der Waals surface area (Å²) in [4.78, 5) is 14.2. The highest BCUT2D eigenvalue weighted by Gasteiger charge is 2.45. The Morgan fingerprint density at radius 1 is 1.40 bits per heavy atom. The molecule has 2 unspecified atom stereocenters. The summed E-state index contributed by atoms with van der Waals surface area (Å²) in [6.07, 6.45) is 6.07. The molecule has 2 atom stereocenters. The number of ether oxygens (including phenoxy) is 1. The molecule has 0 heterocycles. The molecule has 2 saturated carbocycles. The SMILES string of the molecule is CCNC1(C(=O)O)CCCC(N(CCOC)C2CC2)C1. The van der Waals surface area contributed by atoms with Gasteiger partial charge in [0.2, 0.25) is 0 Å². The van der Waals surface area contributed by atoms with Gasteiger partial charge in [0, 0.05) is 25.7 Å². The minimum Gasteiger partial charge on any atom is -0.480 e. The van der Waals surface area contributed by atoms with Crippen molar-refractivity contribution in [2.45, 2.75) is 63.1 Å². The number of likely N-dealkylation sites (N-methyl/N-ethyl adjacent to an activating group) is 1. The van der Waals surface area contributed by atoms with Crippen molar-refractivity contribution in [3.05, 3.63) is 0 Å². The Hall–Kier alpha value is -0.650. The molecule has 0 aromatic carbocycles. The Kier molecular flexibility index (Phi) is 5.41. The maximum absolute atomic E-state index is 11.7. The van der Waals surface area contributed by atoms with Crippen LogP contribution in [0.25, 0.3) is 0 Å². The third-order valence-electron chi connectivity index (χ3n) is 4.69. The monoisotopic (exact) mass is 284 g/mol. The molecule has 0 bridgehead atoms. The molecule has 20 heavy (non-hydrogen) atoms. The van der Waals surface area contributed by atoms with Crippen molar-refractivity contribution in [3.8, 4) is 0 Å². The predicted molar refractivity (Wildman–Crippen MR) is 77.9 cm³/mol. The Labute approximate surface area is 121 Å². The van der Waals surface area contributed by atoms with Crippen molar-refractivity contribution in [2.75, 3.05) is 26.8 Å². The first-order valence-electron chi connectivity index (χ1n) is 7.86. The third kappa shape index (κ3) is 3.51. The quantitative estimate of drug-likeness (QED) is 0.707. The maximum atomic E-state index is 11.7. The van der Waals surface area contributed by atoms with Gasteiger partial charge in [0.25, 0.3) is 0 Å². The Morgan fingerprint density at radius 3 is 2.70 bits per heavy atom. The average molecular weight is 284 g/mol. The molecule has 2 rings (SSSR count). The molecular formula is C15H28N2O3. The van der Waals surface area contributed by atoms with Crippen LogP contribution in [0.4, 0.5) is 0 Å². The first kappa shape index (κ1) is 15.7. The molecule has 2 aliphatic carbocycles. The van der Waals surface area contributed by atoms with Crippen molar-refractivity contribution in [3.63, 3.8) is 0 Å². The van der Waals surface area contributed by atoms with Crippen LogP contribution in [-0.4, -0.2) is 60.4 Å². The number of aliphatic carboxylic acids is 1. The van der Waals surface area contributed by atoms with Crippen molar-refractivity contribution < 1.29 is 14.6 Å². The molecule has 5 nitrogen and oxygen atoms in total. The van der Waals surface area contributed by atoms with Gasteiger partial charge in [-0.25, -0.2) is 0 Å². The first-order chi connectivity index (χ1) is 9.63. The summed E-state index contributed by atoms with van der Waals surface area (Å²) in [6.45, 7) is 4.35. The van der Waals surface area contributed by atoms with Gasteiger partial charge in [-0.2, -0.15) is 0 Å². The molecule has 2 aliphatic rings. The van der Waals surface area contributed by atoms with Crippen molar-refractivity contribution >= 4 is 5.97 Å². The maximum Gasteiger partial charge on any atom is 0.323 e. The standard InChI is InChI=1S/C15H28N2O3/c1-3-16-15(14(18)19)8-4-5-13(11-15)17(9-10-20-2)12-6-7-12/h12-13,16H,3-11H2,1-2H3,(H,18,19). The van der Waals surface area contributed by atoms with E-state index >= 15 is 0 Å². The lowest BCUT2D eigenvalue weighted by Gasteiger charge is -2.43. The number of hydrogen-bond donors (Lipinski definition) is 2. The van der Waals surface area contributed by atoms with E-state index in [0.29, 0.717) is 18.6 Å². The van der Waals surface area contributed by atoms with E-state index in [9.17, 15) is 9.90 Å². The molecule has 5 heteroatoms. The second-order valence-corrected chi connectivity index (χ2v) is 6.13. The molecule has 0 amide bonds. The molecule has 0 saturated heterocycles. The molecule has 0 spiro atoms. The first-order valence-corrected chi connectivity index (χ1v) is 7.86.